The average Bonchev–Trinajstić information content (AvgIpc) is 2.70. The molecule has 78 valence electrons. The highest BCUT2D eigenvalue weighted by molar-refractivity contribution is 5.47. The van der Waals surface area contributed by atoms with E-state index in [4.69, 9.17) is 4.52 Å². The number of rotatable bonds is 2. The molecule has 0 amide bonds. The molecule has 2 heterocycles. The molecule has 0 N–H and O–H groups in total. The van der Waals surface area contributed by atoms with Gasteiger partial charge in [0, 0.05) is 24.5 Å². The first-order chi connectivity index (χ1) is 7.34. The Labute approximate surface area is 87.9 Å². The summed E-state index contributed by atoms with van der Waals surface area (Å²) in [6.45, 7) is 1.92. The van der Waals surface area contributed by atoms with Crippen molar-refractivity contribution in [3.63, 3.8) is 0 Å². The van der Waals surface area contributed by atoms with Gasteiger partial charge in [0.25, 0.3) is 0 Å². The van der Waals surface area contributed by atoms with Crippen LogP contribution in [-0.2, 0) is 0 Å². The quantitative estimate of drug-likeness (QED) is 0.753. The van der Waals surface area contributed by atoms with Crippen LogP contribution < -0.4 is 0 Å². The molecule has 0 radical (unpaired) electrons. The molecule has 4 heteroatoms. The largest absolute Gasteiger partial charge is 0.353 e. The first kappa shape index (κ1) is 8.71. The van der Waals surface area contributed by atoms with Crippen LogP contribution in [0.25, 0.3) is 11.6 Å². The van der Waals surface area contributed by atoms with E-state index in [-0.39, 0.29) is 0 Å². The van der Waals surface area contributed by atoms with Crippen LogP contribution in [0, 0.1) is 6.92 Å². The van der Waals surface area contributed by atoms with Gasteiger partial charge in [-0.3, -0.25) is 0 Å². The van der Waals surface area contributed by atoms with E-state index in [0.717, 1.165) is 17.3 Å². The van der Waals surface area contributed by atoms with E-state index in [1.807, 2.05) is 25.4 Å². The van der Waals surface area contributed by atoms with Gasteiger partial charge < -0.3 is 9.09 Å². The van der Waals surface area contributed by atoms with Crippen molar-refractivity contribution >= 4 is 0 Å². The van der Waals surface area contributed by atoms with Gasteiger partial charge in [0.05, 0.1) is 5.69 Å². The van der Waals surface area contributed by atoms with Crippen LogP contribution >= 0.6 is 0 Å². The predicted molar refractivity (Wildman–Crippen MR) is 55.3 cm³/mol. The molecule has 15 heavy (non-hydrogen) atoms. The van der Waals surface area contributed by atoms with Gasteiger partial charge in [-0.05, 0) is 26.2 Å². The fraction of sp³-hybridized carbons (Fsp3) is 0.455. The number of aryl methyl sites for hydroxylation is 1. The standard InChI is InChI=1S/C11H13N3O/c1-8-7-10(15-13-8)11-12-5-6-14(11)9-3-2-4-9/h5-7,9H,2-4H2,1H3. The third-order valence-electron chi connectivity index (χ3n) is 2.99. The lowest BCUT2D eigenvalue weighted by atomic mass is 9.93. The van der Waals surface area contributed by atoms with Crippen LogP contribution in [0.2, 0.25) is 0 Å². The van der Waals surface area contributed by atoms with E-state index in [1.54, 1.807) is 0 Å². The van der Waals surface area contributed by atoms with Gasteiger partial charge in [-0.1, -0.05) is 5.16 Å². The normalized spacial score (nSPS) is 16.6. The fourth-order valence-corrected chi connectivity index (χ4v) is 1.93. The lowest BCUT2D eigenvalue weighted by molar-refractivity contribution is 0.312. The van der Waals surface area contributed by atoms with Crippen LogP contribution in [0.3, 0.4) is 0 Å². The zero-order valence-corrected chi connectivity index (χ0v) is 8.68. The van der Waals surface area contributed by atoms with E-state index in [0.29, 0.717) is 6.04 Å². The van der Waals surface area contributed by atoms with Crippen LogP contribution in [0.5, 0.6) is 0 Å². The first-order valence-electron chi connectivity index (χ1n) is 5.31. The lowest BCUT2D eigenvalue weighted by Crippen LogP contribution is -2.16. The maximum Gasteiger partial charge on any atom is 0.202 e. The molecule has 0 unspecified atom stereocenters. The second kappa shape index (κ2) is 3.22. The van der Waals surface area contributed by atoms with Crippen molar-refractivity contribution in [2.24, 2.45) is 0 Å². The monoisotopic (exact) mass is 203 g/mol. The van der Waals surface area contributed by atoms with Gasteiger partial charge in [0.15, 0.2) is 5.82 Å². The number of imidazole rings is 1. The molecule has 0 atom stereocenters. The summed E-state index contributed by atoms with van der Waals surface area (Å²) in [5.41, 5.74) is 0.896. The van der Waals surface area contributed by atoms with Crippen molar-refractivity contribution in [2.45, 2.75) is 32.2 Å². The smallest absolute Gasteiger partial charge is 0.202 e. The Morgan fingerprint density at radius 2 is 2.33 bits per heavy atom. The summed E-state index contributed by atoms with van der Waals surface area (Å²) in [7, 11) is 0. The molecule has 1 aliphatic rings. The van der Waals surface area contributed by atoms with E-state index in [9.17, 15) is 0 Å². The second-order valence-corrected chi connectivity index (χ2v) is 4.08. The maximum absolute atomic E-state index is 5.23. The highest BCUT2D eigenvalue weighted by Gasteiger charge is 2.23. The van der Waals surface area contributed by atoms with Crippen molar-refractivity contribution in [1.82, 2.24) is 14.7 Å². The average molecular weight is 203 g/mol. The minimum Gasteiger partial charge on any atom is -0.353 e. The molecule has 1 saturated carbocycles. The molecule has 0 aliphatic heterocycles. The summed E-state index contributed by atoms with van der Waals surface area (Å²) >= 11 is 0. The van der Waals surface area contributed by atoms with Crippen molar-refractivity contribution < 1.29 is 4.52 Å². The molecular weight excluding hydrogens is 190 g/mol. The molecule has 2 aromatic rings. The molecular formula is C11H13N3O. The number of hydrogen-bond donors (Lipinski definition) is 0. The third-order valence-corrected chi connectivity index (χ3v) is 2.99. The summed E-state index contributed by atoms with van der Waals surface area (Å²) in [4.78, 5) is 4.33. The van der Waals surface area contributed by atoms with Crippen molar-refractivity contribution in [2.75, 3.05) is 0 Å². The van der Waals surface area contributed by atoms with Crippen LogP contribution in [0.1, 0.15) is 31.0 Å². The summed E-state index contributed by atoms with van der Waals surface area (Å²) in [5.74, 6) is 1.67. The van der Waals surface area contributed by atoms with Crippen molar-refractivity contribution in [1.29, 1.82) is 0 Å². The topological polar surface area (TPSA) is 43.9 Å². The Bertz CT molecular complexity index is 468. The fourth-order valence-electron chi connectivity index (χ4n) is 1.93. The Kier molecular flexibility index (Phi) is 1.87. The third kappa shape index (κ3) is 1.37. The van der Waals surface area contributed by atoms with Gasteiger partial charge >= 0.3 is 0 Å². The van der Waals surface area contributed by atoms with Gasteiger partial charge in [-0.25, -0.2) is 4.98 Å². The van der Waals surface area contributed by atoms with Crippen molar-refractivity contribution in [3.8, 4) is 11.6 Å². The molecule has 4 nitrogen and oxygen atoms in total. The Balaban J connectivity index is 2.00. The van der Waals surface area contributed by atoms with Gasteiger partial charge in [0.2, 0.25) is 5.76 Å². The molecule has 0 spiro atoms. The summed E-state index contributed by atoms with van der Waals surface area (Å²) in [6, 6.07) is 2.53. The summed E-state index contributed by atoms with van der Waals surface area (Å²) in [5, 5.41) is 3.89. The predicted octanol–water partition coefficient (Wildman–Crippen LogP) is 2.57. The van der Waals surface area contributed by atoms with Crippen molar-refractivity contribution in [3.05, 3.63) is 24.2 Å². The Morgan fingerprint density at radius 3 is 2.93 bits per heavy atom. The maximum atomic E-state index is 5.23. The second-order valence-electron chi connectivity index (χ2n) is 4.08. The van der Waals surface area contributed by atoms with E-state index < -0.39 is 0 Å². The molecule has 1 aliphatic carbocycles. The Morgan fingerprint density at radius 1 is 1.47 bits per heavy atom. The van der Waals surface area contributed by atoms with Gasteiger partial charge in [0.1, 0.15) is 0 Å². The zero-order chi connectivity index (χ0) is 10.3. The van der Waals surface area contributed by atoms with Crippen LogP contribution in [-0.4, -0.2) is 14.7 Å². The van der Waals surface area contributed by atoms with Crippen LogP contribution in [0.15, 0.2) is 23.0 Å². The highest BCUT2D eigenvalue weighted by Crippen LogP contribution is 2.34. The lowest BCUT2D eigenvalue weighted by Gasteiger charge is -2.27. The summed E-state index contributed by atoms with van der Waals surface area (Å²) < 4.78 is 7.43. The first-order valence-corrected chi connectivity index (χ1v) is 5.31. The molecule has 0 bridgehead atoms. The molecule has 2 aromatic heterocycles. The van der Waals surface area contributed by atoms with E-state index in [2.05, 4.69) is 14.7 Å². The number of nitrogens with zero attached hydrogens (tertiary/aromatic N) is 3. The minimum absolute atomic E-state index is 0.605. The van der Waals surface area contributed by atoms with Gasteiger partial charge in [-0.15, -0.1) is 0 Å². The number of aromatic nitrogens is 3. The minimum atomic E-state index is 0.605. The summed E-state index contributed by atoms with van der Waals surface area (Å²) in [6.07, 6.45) is 7.66. The van der Waals surface area contributed by atoms with Gasteiger partial charge in [-0.2, -0.15) is 0 Å². The number of hydrogen-bond acceptors (Lipinski definition) is 3. The SMILES string of the molecule is Cc1cc(-c2nccn2C2CCC2)on1. The van der Waals surface area contributed by atoms with Crippen LogP contribution in [0.4, 0.5) is 0 Å². The van der Waals surface area contributed by atoms with E-state index in [1.165, 1.54) is 19.3 Å². The zero-order valence-electron chi connectivity index (χ0n) is 8.68. The molecule has 0 aromatic carbocycles. The molecule has 3 rings (SSSR count). The molecule has 0 saturated heterocycles. The van der Waals surface area contributed by atoms with E-state index >= 15 is 0 Å². The highest BCUT2D eigenvalue weighted by atomic mass is 16.5. The molecule has 1 fully saturated rings. The Hall–Kier alpha value is -1.58.